The molecule has 0 aliphatic heterocycles. The SMILES string of the molecule is Cc1n[nH]c(C)c1CNC(c1ccccc1)c1cccs1. The van der Waals surface area contributed by atoms with Crippen LogP contribution in [0.25, 0.3) is 0 Å². The van der Waals surface area contributed by atoms with Gasteiger partial charge in [0.15, 0.2) is 0 Å². The molecule has 3 aromatic rings. The van der Waals surface area contributed by atoms with Gasteiger partial charge in [-0.1, -0.05) is 36.4 Å². The Hall–Kier alpha value is -1.91. The van der Waals surface area contributed by atoms with E-state index in [4.69, 9.17) is 0 Å². The third-order valence-electron chi connectivity index (χ3n) is 3.72. The molecule has 1 atom stereocenters. The molecule has 1 unspecified atom stereocenters. The molecule has 108 valence electrons. The van der Waals surface area contributed by atoms with Crippen LogP contribution in [-0.4, -0.2) is 10.2 Å². The minimum Gasteiger partial charge on any atom is -0.301 e. The smallest absolute Gasteiger partial charge is 0.0673 e. The van der Waals surface area contributed by atoms with Gasteiger partial charge in [-0.3, -0.25) is 5.10 Å². The van der Waals surface area contributed by atoms with Gasteiger partial charge in [0.2, 0.25) is 0 Å². The van der Waals surface area contributed by atoms with Crippen LogP contribution < -0.4 is 5.32 Å². The number of H-pyrrole nitrogens is 1. The van der Waals surface area contributed by atoms with E-state index in [9.17, 15) is 0 Å². The van der Waals surface area contributed by atoms with Crippen LogP contribution >= 0.6 is 11.3 Å². The van der Waals surface area contributed by atoms with Crippen molar-refractivity contribution in [2.75, 3.05) is 0 Å². The standard InChI is InChI=1S/C17H19N3S/c1-12-15(13(2)20-19-12)11-18-17(16-9-6-10-21-16)14-7-4-3-5-8-14/h3-10,17-18H,11H2,1-2H3,(H,19,20). The number of thiophene rings is 1. The highest BCUT2D eigenvalue weighted by Gasteiger charge is 2.16. The number of aromatic nitrogens is 2. The predicted molar refractivity (Wildman–Crippen MR) is 87.5 cm³/mol. The summed E-state index contributed by atoms with van der Waals surface area (Å²) < 4.78 is 0. The number of rotatable bonds is 5. The minimum absolute atomic E-state index is 0.222. The van der Waals surface area contributed by atoms with Crippen LogP contribution in [0.1, 0.15) is 33.4 Å². The number of nitrogens with one attached hydrogen (secondary N) is 2. The summed E-state index contributed by atoms with van der Waals surface area (Å²) in [5.41, 5.74) is 4.75. The van der Waals surface area contributed by atoms with Crippen LogP contribution in [-0.2, 0) is 6.54 Å². The molecule has 0 fully saturated rings. The van der Waals surface area contributed by atoms with Crippen molar-refractivity contribution in [3.8, 4) is 0 Å². The number of nitrogens with zero attached hydrogens (tertiary/aromatic N) is 1. The van der Waals surface area contributed by atoms with E-state index in [0.29, 0.717) is 0 Å². The number of benzene rings is 1. The number of aryl methyl sites for hydroxylation is 2. The summed E-state index contributed by atoms with van der Waals surface area (Å²) in [5.74, 6) is 0. The third kappa shape index (κ3) is 3.06. The zero-order valence-electron chi connectivity index (χ0n) is 12.3. The Labute approximate surface area is 129 Å². The van der Waals surface area contributed by atoms with Gasteiger partial charge < -0.3 is 5.32 Å². The Kier molecular flexibility index (Phi) is 4.18. The Balaban J connectivity index is 1.84. The highest BCUT2D eigenvalue weighted by Crippen LogP contribution is 2.26. The lowest BCUT2D eigenvalue weighted by molar-refractivity contribution is 0.610. The molecular formula is C17H19N3S. The zero-order chi connectivity index (χ0) is 14.7. The average molecular weight is 297 g/mol. The average Bonchev–Trinajstić information content (AvgIpc) is 3.13. The van der Waals surface area contributed by atoms with Crippen LogP contribution in [0.5, 0.6) is 0 Å². The van der Waals surface area contributed by atoms with E-state index in [-0.39, 0.29) is 6.04 Å². The van der Waals surface area contributed by atoms with Crippen LogP contribution in [0.4, 0.5) is 0 Å². The van der Waals surface area contributed by atoms with Crippen LogP contribution in [0, 0.1) is 13.8 Å². The fourth-order valence-corrected chi connectivity index (χ4v) is 3.35. The lowest BCUT2D eigenvalue weighted by Crippen LogP contribution is -2.21. The predicted octanol–water partition coefficient (Wildman–Crippen LogP) is 3.97. The largest absolute Gasteiger partial charge is 0.301 e. The monoisotopic (exact) mass is 297 g/mol. The van der Waals surface area contributed by atoms with E-state index in [0.717, 1.165) is 17.9 Å². The topological polar surface area (TPSA) is 40.7 Å². The van der Waals surface area contributed by atoms with Crippen molar-refractivity contribution in [2.24, 2.45) is 0 Å². The first-order chi connectivity index (χ1) is 10.3. The maximum absolute atomic E-state index is 4.27. The van der Waals surface area contributed by atoms with E-state index in [1.807, 2.05) is 6.92 Å². The molecule has 3 nitrogen and oxygen atoms in total. The maximum Gasteiger partial charge on any atom is 0.0673 e. The van der Waals surface area contributed by atoms with Crippen LogP contribution in [0.15, 0.2) is 47.8 Å². The summed E-state index contributed by atoms with van der Waals surface area (Å²) >= 11 is 1.79. The van der Waals surface area contributed by atoms with Crippen molar-refractivity contribution in [1.29, 1.82) is 0 Å². The fraction of sp³-hybridized carbons (Fsp3) is 0.235. The van der Waals surface area contributed by atoms with Gasteiger partial charge in [-0.25, -0.2) is 0 Å². The second kappa shape index (κ2) is 6.24. The Bertz CT molecular complexity index is 667. The van der Waals surface area contributed by atoms with Crippen LogP contribution in [0.2, 0.25) is 0 Å². The first-order valence-electron chi connectivity index (χ1n) is 7.08. The van der Waals surface area contributed by atoms with E-state index in [2.05, 4.69) is 70.3 Å². The van der Waals surface area contributed by atoms with E-state index in [1.165, 1.54) is 16.0 Å². The summed E-state index contributed by atoms with van der Waals surface area (Å²) in [7, 11) is 0. The van der Waals surface area contributed by atoms with Gasteiger partial charge in [0.25, 0.3) is 0 Å². The fourth-order valence-electron chi connectivity index (χ4n) is 2.52. The van der Waals surface area contributed by atoms with Gasteiger partial charge in [-0.15, -0.1) is 11.3 Å². The molecule has 0 aliphatic carbocycles. The molecule has 1 aromatic carbocycles. The maximum atomic E-state index is 4.27. The van der Waals surface area contributed by atoms with Crippen molar-refractivity contribution >= 4 is 11.3 Å². The lowest BCUT2D eigenvalue weighted by atomic mass is 10.0. The highest BCUT2D eigenvalue weighted by molar-refractivity contribution is 7.10. The summed E-state index contributed by atoms with van der Waals surface area (Å²) in [4.78, 5) is 1.33. The molecular weight excluding hydrogens is 278 g/mol. The van der Waals surface area contributed by atoms with Gasteiger partial charge in [0.1, 0.15) is 0 Å². The molecule has 0 aliphatic rings. The first-order valence-corrected chi connectivity index (χ1v) is 7.96. The summed E-state index contributed by atoms with van der Waals surface area (Å²) in [5, 5.41) is 13.1. The molecule has 0 saturated carbocycles. The molecule has 3 rings (SSSR count). The molecule has 0 radical (unpaired) electrons. The van der Waals surface area contributed by atoms with Crippen molar-refractivity contribution in [3.05, 3.63) is 75.2 Å². The first kappa shape index (κ1) is 14.0. The van der Waals surface area contributed by atoms with Gasteiger partial charge in [0, 0.05) is 22.7 Å². The molecule has 0 bridgehead atoms. The van der Waals surface area contributed by atoms with Crippen LogP contribution in [0.3, 0.4) is 0 Å². The third-order valence-corrected chi connectivity index (χ3v) is 4.66. The quantitative estimate of drug-likeness (QED) is 0.748. The van der Waals surface area contributed by atoms with Gasteiger partial charge in [0.05, 0.1) is 11.7 Å². The summed E-state index contributed by atoms with van der Waals surface area (Å²) in [6.07, 6.45) is 0. The van der Waals surface area contributed by atoms with Crippen molar-refractivity contribution in [3.63, 3.8) is 0 Å². The van der Waals surface area contributed by atoms with Gasteiger partial charge in [-0.05, 0) is 30.9 Å². The molecule has 0 saturated heterocycles. The molecule has 2 aromatic heterocycles. The summed E-state index contributed by atoms with van der Waals surface area (Å²) in [6.45, 7) is 4.93. The second-order valence-electron chi connectivity index (χ2n) is 5.15. The minimum atomic E-state index is 0.222. The number of aromatic amines is 1. The van der Waals surface area contributed by atoms with Gasteiger partial charge in [-0.2, -0.15) is 5.10 Å². The van der Waals surface area contributed by atoms with E-state index < -0.39 is 0 Å². The Morgan fingerprint density at radius 3 is 2.57 bits per heavy atom. The number of hydrogen-bond acceptors (Lipinski definition) is 3. The Morgan fingerprint density at radius 2 is 1.95 bits per heavy atom. The second-order valence-corrected chi connectivity index (χ2v) is 6.13. The molecule has 2 N–H and O–H groups in total. The Morgan fingerprint density at radius 1 is 1.14 bits per heavy atom. The molecule has 21 heavy (non-hydrogen) atoms. The normalized spacial score (nSPS) is 12.5. The molecule has 2 heterocycles. The van der Waals surface area contributed by atoms with Gasteiger partial charge >= 0.3 is 0 Å². The summed E-state index contributed by atoms with van der Waals surface area (Å²) in [6, 6.07) is 15.1. The molecule has 0 spiro atoms. The van der Waals surface area contributed by atoms with E-state index in [1.54, 1.807) is 11.3 Å². The van der Waals surface area contributed by atoms with Crippen molar-refractivity contribution < 1.29 is 0 Å². The van der Waals surface area contributed by atoms with Crippen molar-refractivity contribution in [2.45, 2.75) is 26.4 Å². The highest BCUT2D eigenvalue weighted by atomic mass is 32.1. The lowest BCUT2D eigenvalue weighted by Gasteiger charge is -2.18. The van der Waals surface area contributed by atoms with Crippen molar-refractivity contribution in [1.82, 2.24) is 15.5 Å². The molecule has 4 heteroatoms. The molecule has 0 amide bonds. The number of hydrogen-bond donors (Lipinski definition) is 2. The van der Waals surface area contributed by atoms with E-state index >= 15 is 0 Å². The zero-order valence-corrected chi connectivity index (χ0v) is 13.1.